The molecule has 0 amide bonds. The Bertz CT molecular complexity index is 537. The van der Waals surface area contributed by atoms with Gasteiger partial charge in [-0.2, -0.15) is 8.42 Å². The summed E-state index contributed by atoms with van der Waals surface area (Å²) in [6, 6.07) is 9.65. The fourth-order valence-electron chi connectivity index (χ4n) is 2.09. The SMILES string of the molecule is CS(=O)(=O)OC[C@@H]1C[C@@H](Cc2ccccc2)C(=O)O1. The lowest BCUT2D eigenvalue weighted by Gasteiger charge is -2.07. The predicted octanol–water partition coefficient (Wildman–Crippen LogP) is 1.14. The van der Waals surface area contributed by atoms with Crippen LogP contribution in [0.1, 0.15) is 12.0 Å². The van der Waals surface area contributed by atoms with Crippen molar-refractivity contribution in [3.8, 4) is 0 Å². The Hall–Kier alpha value is -1.40. The molecular weight excluding hydrogens is 268 g/mol. The second kappa shape index (κ2) is 5.71. The van der Waals surface area contributed by atoms with Crippen LogP contribution in [0.2, 0.25) is 0 Å². The molecule has 5 nitrogen and oxygen atoms in total. The molecule has 1 fully saturated rings. The highest BCUT2D eigenvalue weighted by Crippen LogP contribution is 2.25. The van der Waals surface area contributed by atoms with E-state index in [2.05, 4.69) is 4.18 Å². The molecule has 1 aromatic carbocycles. The van der Waals surface area contributed by atoms with Gasteiger partial charge in [-0.15, -0.1) is 0 Å². The first-order valence-electron chi connectivity index (χ1n) is 6.03. The minimum Gasteiger partial charge on any atom is -0.460 e. The van der Waals surface area contributed by atoms with Gasteiger partial charge in [0, 0.05) is 6.42 Å². The highest BCUT2D eigenvalue weighted by atomic mass is 32.2. The van der Waals surface area contributed by atoms with E-state index in [1.54, 1.807) is 0 Å². The molecule has 6 heteroatoms. The Morgan fingerprint density at radius 3 is 2.63 bits per heavy atom. The van der Waals surface area contributed by atoms with Gasteiger partial charge in [0.1, 0.15) is 12.7 Å². The Balaban J connectivity index is 1.89. The summed E-state index contributed by atoms with van der Waals surface area (Å²) in [5.74, 6) is -0.512. The lowest BCUT2D eigenvalue weighted by molar-refractivity contribution is -0.145. The minimum atomic E-state index is -3.50. The van der Waals surface area contributed by atoms with Crippen LogP contribution in [-0.4, -0.2) is 33.4 Å². The van der Waals surface area contributed by atoms with Crippen molar-refractivity contribution in [3.05, 3.63) is 35.9 Å². The molecule has 0 bridgehead atoms. The van der Waals surface area contributed by atoms with Gasteiger partial charge in [-0.25, -0.2) is 0 Å². The van der Waals surface area contributed by atoms with Gasteiger partial charge in [-0.05, 0) is 12.0 Å². The van der Waals surface area contributed by atoms with Crippen molar-refractivity contribution < 1.29 is 22.1 Å². The molecule has 0 aliphatic carbocycles. The quantitative estimate of drug-likeness (QED) is 0.599. The van der Waals surface area contributed by atoms with Crippen molar-refractivity contribution in [1.82, 2.24) is 0 Å². The number of hydrogen-bond donors (Lipinski definition) is 0. The van der Waals surface area contributed by atoms with E-state index < -0.39 is 16.2 Å². The van der Waals surface area contributed by atoms with Gasteiger partial charge in [0.15, 0.2) is 0 Å². The Labute approximate surface area is 112 Å². The number of rotatable bonds is 5. The fraction of sp³-hybridized carbons (Fsp3) is 0.462. The summed E-state index contributed by atoms with van der Waals surface area (Å²) in [5, 5.41) is 0. The molecule has 1 aliphatic rings. The second-order valence-electron chi connectivity index (χ2n) is 4.67. The van der Waals surface area contributed by atoms with Gasteiger partial charge < -0.3 is 4.74 Å². The van der Waals surface area contributed by atoms with Crippen molar-refractivity contribution in [2.45, 2.75) is 18.9 Å². The van der Waals surface area contributed by atoms with E-state index in [1.807, 2.05) is 30.3 Å². The van der Waals surface area contributed by atoms with Crippen molar-refractivity contribution in [2.24, 2.45) is 5.92 Å². The number of esters is 1. The summed E-state index contributed by atoms with van der Waals surface area (Å²) in [4.78, 5) is 11.7. The van der Waals surface area contributed by atoms with Crippen LogP contribution in [0.4, 0.5) is 0 Å². The van der Waals surface area contributed by atoms with Crippen LogP contribution in [0.5, 0.6) is 0 Å². The van der Waals surface area contributed by atoms with Gasteiger partial charge in [-0.1, -0.05) is 30.3 Å². The maximum Gasteiger partial charge on any atom is 0.309 e. The first-order chi connectivity index (χ1) is 8.94. The number of benzene rings is 1. The van der Waals surface area contributed by atoms with Gasteiger partial charge in [-0.3, -0.25) is 8.98 Å². The number of cyclic esters (lactones) is 1. The molecule has 0 saturated carbocycles. The van der Waals surface area contributed by atoms with Gasteiger partial charge in [0.2, 0.25) is 0 Å². The second-order valence-corrected chi connectivity index (χ2v) is 6.31. The van der Waals surface area contributed by atoms with E-state index >= 15 is 0 Å². The summed E-state index contributed by atoms with van der Waals surface area (Å²) in [6.07, 6.45) is 1.60. The van der Waals surface area contributed by atoms with Gasteiger partial charge >= 0.3 is 5.97 Å². The summed E-state index contributed by atoms with van der Waals surface area (Å²) in [5.41, 5.74) is 1.06. The van der Waals surface area contributed by atoms with Crippen molar-refractivity contribution >= 4 is 16.1 Å². The largest absolute Gasteiger partial charge is 0.460 e. The van der Waals surface area contributed by atoms with Crippen molar-refractivity contribution in [3.63, 3.8) is 0 Å². The molecule has 0 spiro atoms. The highest BCUT2D eigenvalue weighted by molar-refractivity contribution is 7.85. The Morgan fingerprint density at radius 2 is 2.00 bits per heavy atom. The molecule has 104 valence electrons. The van der Waals surface area contributed by atoms with E-state index in [0.29, 0.717) is 12.8 Å². The Kier molecular flexibility index (Phi) is 4.21. The van der Waals surface area contributed by atoms with E-state index in [9.17, 15) is 13.2 Å². The third-order valence-electron chi connectivity index (χ3n) is 2.96. The zero-order chi connectivity index (χ0) is 13.9. The summed E-state index contributed by atoms with van der Waals surface area (Å²) >= 11 is 0. The molecule has 2 rings (SSSR count). The maximum absolute atomic E-state index is 11.7. The minimum absolute atomic E-state index is 0.101. The van der Waals surface area contributed by atoms with Gasteiger partial charge in [0.25, 0.3) is 10.1 Å². The lowest BCUT2D eigenvalue weighted by atomic mass is 9.96. The third kappa shape index (κ3) is 4.33. The van der Waals surface area contributed by atoms with Crippen LogP contribution in [0.3, 0.4) is 0 Å². The van der Waals surface area contributed by atoms with E-state index in [-0.39, 0.29) is 18.5 Å². The van der Waals surface area contributed by atoms with Crippen LogP contribution in [0.15, 0.2) is 30.3 Å². The molecule has 1 heterocycles. The zero-order valence-corrected chi connectivity index (χ0v) is 11.4. The highest BCUT2D eigenvalue weighted by Gasteiger charge is 2.35. The molecule has 2 atom stereocenters. The molecule has 0 aromatic heterocycles. The number of ether oxygens (including phenoxy) is 1. The predicted molar refractivity (Wildman–Crippen MR) is 68.9 cm³/mol. The maximum atomic E-state index is 11.7. The number of carbonyl (C=O) groups is 1. The van der Waals surface area contributed by atoms with E-state index in [4.69, 9.17) is 4.74 Å². The smallest absolute Gasteiger partial charge is 0.309 e. The molecule has 1 aromatic rings. The first kappa shape index (κ1) is 14.0. The molecule has 19 heavy (non-hydrogen) atoms. The molecule has 0 unspecified atom stereocenters. The fourth-order valence-corrected chi connectivity index (χ4v) is 2.49. The Morgan fingerprint density at radius 1 is 1.32 bits per heavy atom. The van der Waals surface area contributed by atoms with Crippen molar-refractivity contribution in [1.29, 1.82) is 0 Å². The van der Waals surface area contributed by atoms with Crippen LogP contribution in [0.25, 0.3) is 0 Å². The molecule has 1 saturated heterocycles. The van der Waals surface area contributed by atoms with Crippen LogP contribution in [0, 0.1) is 5.92 Å². The summed E-state index contributed by atoms with van der Waals surface area (Å²) in [6.45, 7) is -0.101. The third-order valence-corrected chi connectivity index (χ3v) is 3.52. The topological polar surface area (TPSA) is 69.7 Å². The van der Waals surface area contributed by atoms with Crippen LogP contribution in [-0.2, 0) is 30.3 Å². The van der Waals surface area contributed by atoms with Crippen molar-refractivity contribution in [2.75, 3.05) is 12.9 Å². The first-order valence-corrected chi connectivity index (χ1v) is 7.84. The number of carbonyl (C=O) groups excluding carboxylic acids is 1. The van der Waals surface area contributed by atoms with Crippen LogP contribution < -0.4 is 0 Å². The standard InChI is InChI=1S/C13H16O5S/c1-19(15,16)17-9-12-8-11(13(14)18-12)7-10-5-3-2-4-6-10/h2-6,11-12H,7-9H2,1H3/t11-,12+/m1/s1. The van der Waals surface area contributed by atoms with Crippen LogP contribution >= 0.6 is 0 Å². The van der Waals surface area contributed by atoms with Gasteiger partial charge in [0.05, 0.1) is 12.2 Å². The molecular formula is C13H16O5S. The van der Waals surface area contributed by atoms with E-state index in [0.717, 1.165) is 11.8 Å². The lowest BCUT2D eigenvalue weighted by Crippen LogP contribution is -2.17. The molecule has 0 N–H and O–H groups in total. The number of hydrogen-bond acceptors (Lipinski definition) is 5. The zero-order valence-electron chi connectivity index (χ0n) is 10.6. The van der Waals surface area contributed by atoms with E-state index in [1.165, 1.54) is 0 Å². The average molecular weight is 284 g/mol. The summed E-state index contributed by atoms with van der Waals surface area (Å²) in [7, 11) is -3.50. The average Bonchev–Trinajstić information content (AvgIpc) is 2.68. The molecule has 1 aliphatic heterocycles. The molecule has 0 radical (unpaired) electrons. The normalized spacial score (nSPS) is 23.3. The summed E-state index contributed by atoms with van der Waals surface area (Å²) < 4.78 is 31.5. The monoisotopic (exact) mass is 284 g/mol.